The molecule has 1 aromatic rings. The molecule has 7 nitrogen and oxygen atoms in total. The van der Waals surface area contributed by atoms with Gasteiger partial charge in [-0.15, -0.1) is 5.10 Å². The van der Waals surface area contributed by atoms with Crippen LogP contribution < -0.4 is 5.32 Å². The van der Waals surface area contributed by atoms with Gasteiger partial charge < -0.3 is 19.5 Å². The lowest BCUT2D eigenvalue weighted by molar-refractivity contribution is 0.0958. The SMILES string of the molecule is COCCCOCCn1cc(CNCCOC)nn1. The number of rotatable bonds is 12. The Morgan fingerprint density at radius 1 is 1.16 bits per heavy atom. The van der Waals surface area contributed by atoms with E-state index in [1.165, 1.54) is 0 Å². The van der Waals surface area contributed by atoms with E-state index < -0.39 is 0 Å². The van der Waals surface area contributed by atoms with Crippen molar-refractivity contribution in [2.24, 2.45) is 0 Å². The first kappa shape index (κ1) is 16.0. The summed E-state index contributed by atoms with van der Waals surface area (Å²) in [6, 6.07) is 0. The normalized spacial score (nSPS) is 11.1. The van der Waals surface area contributed by atoms with Gasteiger partial charge in [-0.05, 0) is 6.42 Å². The van der Waals surface area contributed by atoms with E-state index in [0.29, 0.717) is 26.4 Å². The Balaban J connectivity index is 2.06. The van der Waals surface area contributed by atoms with Gasteiger partial charge >= 0.3 is 0 Å². The van der Waals surface area contributed by atoms with Crippen LogP contribution in [-0.2, 0) is 27.3 Å². The van der Waals surface area contributed by atoms with Crippen LogP contribution in [0.15, 0.2) is 6.20 Å². The first-order valence-electron chi connectivity index (χ1n) is 6.52. The fourth-order valence-electron chi connectivity index (χ4n) is 1.48. The van der Waals surface area contributed by atoms with Crippen molar-refractivity contribution < 1.29 is 14.2 Å². The zero-order chi connectivity index (χ0) is 13.8. The third-order valence-corrected chi connectivity index (χ3v) is 2.48. The number of hydrogen-bond donors (Lipinski definition) is 1. The summed E-state index contributed by atoms with van der Waals surface area (Å²) in [4.78, 5) is 0. The van der Waals surface area contributed by atoms with Gasteiger partial charge in [0, 0.05) is 46.7 Å². The molecule has 0 radical (unpaired) electrons. The van der Waals surface area contributed by atoms with Gasteiger partial charge in [0.15, 0.2) is 0 Å². The molecule has 1 N–H and O–H groups in total. The summed E-state index contributed by atoms with van der Waals surface area (Å²) in [5.74, 6) is 0. The standard InChI is InChI=1S/C12H24N4O3/c1-17-6-3-7-19-9-5-16-11-12(14-15-16)10-13-4-8-18-2/h11,13H,3-10H2,1-2H3. The van der Waals surface area contributed by atoms with Crippen molar-refractivity contribution in [3.05, 3.63) is 11.9 Å². The topological polar surface area (TPSA) is 70.4 Å². The van der Waals surface area contributed by atoms with Crippen molar-refractivity contribution in [2.75, 3.05) is 47.2 Å². The molecule has 0 amide bonds. The molecular formula is C12H24N4O3. The second kappa shape index (κ2) is 10.9. The molecule has 7 heteroatoms. The highest BCUT2D eigenvalue weighted by Gasteiger charge is 2.00. The van der Waals surface area contributed by atoms with Gasteiger partial charge in [-0.2, -0.15) is 0 Å². The Kier molecular flexibility index (Phi) is 9.17. The van der Waals surface area contributed by atoms with Crippen molar-refractivity contribution in [2.45, 2.75) is 19.5 Å². The van der Waals surface area contributed by atoms with Crippen LogP contribution in [0.25, 0.3) is 0 Å². The maximum absolute atomic E-state index is 5.46. The number of hydrogen-bond acceptors (Lipinski definition) is 6. The molecule has 0 spiro atoms. The zero-order valence-electron chi connectivity index (χ0n) is 11.8. The second-order valence-corrected chi connectivity index (χ2v) is 4.10. The van der Waals surface area contributed by atoms with Gasteiger partial charge in [-0.3, -0.25) is 0 Å². The van der Waals surface area contributed by atoms with Gasteiger partial charge in [-0.1, -0.05) is 5.21 Å². The molecule has 19 heavy (non-hydrogen) atoms. The van der Waals surface area contributed by atoms with Gasteiger partial charge in [0.25, 0.3) is 0 Å². The first-order valence-corrected chi connectivity index (χ1v) is 6.52. The van der Waals surface area contributed by atoms with Crippen LogP contribution in [0.4, 0.5) is 0 Å². The molecule has 0 unspecified atom stereocenters. The van der Waals surface area contributed by atoms with E-state index in [1.807, 2.05) is 6.20 Å². The molecule has 0 bridgehead atoms. The number of aromatic nitrogens is 3. The van der Waals surface area contributed by atoms with Crippen LogP contribution in [0.1, 0.15) is 12.1 Å². The van der Waals surface area contributed by atoms with Crippen molar-refractivity contribution in [3.8, 4) is 0 Å². The summed E-state index contributed by atoms with van der Waals surface area (Å²) < 4.78 is 17.1. The van der Waals surface area contributed by atoms with Gasteiger partial charge in [0.2, 0.25) is 0 Å². The Morgan fingerprint density at radius 3 is 2.79 bits per heavy atom. The molecule has 0 atom stereocenters. The second-order valence-electron chi connectivity index (χ2n) is 4.10. The third-order valence-electron chi connectivity index (χ3n) is 2.48. The molecule has 1 rings (SSSR count). The molecule has 0 saturated carbocycles. The Bertz CT molecular complexity index is 320. The quantitative estimate of drug-likeness (QED) is 0.543. The lowest BCUT2D eigenvalue weighted by Gasteiger charge is -2.03. The Labute approximate surface area is 114 Å². The van der Waals surface area contributed by atoms with Crippen molar-refractivity contribution in [1.82, 2.24) is 20.3 Å². The maximum Gasteiger partial charge on any atom is 0.0964 e. The first-order chi connectivity index (χ1) is 9.36. The largest absolute Gasteiger partial charge is 0.385 e. The zero-order valence-corrected chi connectivity index (χ0v) is 11.8. The number of nitrogens with one attached hydrogen (secondary N) is 1. The molecule has 0 aliphatic heterocycles. The summed E-state index contributed by atoms with van der Waals surface area (Å²) in [6.07, 6.45) is 2.85. The van der Waals surface area contributed by atoms with E-state index in [-0.39, 0.29) is 0 Å². The summed E-state index contributed by atoms with van der Waals surface area (Å²) >= 11 is 0. The average Bonchev–Trinajstić information content (AvgIpc) is 2.87. The fraction of sp³-hybridized carbons (Fsp3) is 0.833. The van der Waals surface area contributed by atoms with E-state index in [9.17, 15) is 0 Å². The molecule has 110 valence electrons. The van der Waals surface area contributed by atoms with Crippen LogP contribution in [0.2, 0.25) is 0 Å². The van der Waals surface area contributed by atoms with Crippen LogP contribution in [0, 0.1) is 0 Å². The van der Waals surface area contributed by atoms with Crippen molar-refractivity contribution >= 4 is 0 Å². The van der Waals surface area contributed by atoms with Crippen LogP contribution >= 0.6 is 0 Å². The van der Waals surface area contributed by atoms with E-state index >= 15 is 0 Å². The Morgan fingerprint density at radius 2 is 2.00 bits per heavy atom. The smallest absolute Gasteiger partial charge is 0.0964 e. The predicted octanol–water partition coefficient (Wildman–Crippen LogP) is 0.0672. The van der Waals surface area contributed by atoms with Crippen molar-refractivity contribution in [1.29, 1.82) is 0 Å². The van der Waals surface area contributed by atoms with E-state index in [1.54, 1.807) is 18.9 Å². The van der Waals surface area contributed by atoms with E-state index in [2.05, 4.69) is 15.6 Å². The maximum atomic E-state index is 5.46. The minimum atomic E-state index is 0.642. The summed E-state index contributed by atoms with van der Waals surface area (Å²) in [5, 5.41) is 11.3. The number of ether oxygens (including phenoxy) is 3. The van der Waals surface area contributed by atoms with Crippen molar-refractivity contribution in [3.63, 3.8) is 0 Å². The van der Waals surface area contributed by atoms with Crippen LogP contribution in [-0.4, -0.2) is 62.2 Å². The monoisotopic (exact) mass is 272 g/mol. The highest BCUT2D eigenvalue weighted by molar-refractivity contribution is 4.91. The van der Waals surface area contributed by atoms with Gasteiger partial charge in [0.1, 0.15) is 0 Å². The molecule has 0 saturated heterocycles. The summed E-state index contributed by atoms with van der Waals surface area (Å²) in [6.45, 7) is 5.03. The number of nitrogens with zero attached hydrogens (tertiary/aromatic N) is 3. The molecule has 0 aromatic carbocycles. The van der Waals surface area contributed by atoms with Gasteiger partial charge in [0.05, 0.1) is 25.5 Å². The van der Waals surface area contributed by atoms with E-state index in [0.717, 1.165) is 31.8 Å². The average molecular weight is 272 g/mol. The lowest BCUT2D eigenvalue weighted by Crippen LogP contribution is -2.18. The van der Waals surface area contributed by atoms with Crippen LogP contribution in [0.5, 0.6) is 0 Å². The highest BCUT2D eigenvalue weighted by Crippen LogP contribution is 1.93. The fourth-order valence-corrected chi connectivity index (χ4v) is 1.48. The lowest BCUT2D eigenvalue weighted by atomic mass is 10.4. The molecule has 1 aromatic heterocycles. The predicted molar refractivity (Wildman–Crippen MR) is 70.9 cm³/mol. The molecule has 0 aliphatic carbocycles. The molecule has 0 fully saturated rings. The third kappa shape index (κ3) is 7.89. The van der Waals surface area contributed by atoms with Gasteiger partial charge in [-0.25, -0.2) is 4.68 Å². The minimum Gasteiger partial charge on any atom is -0.385 e. The van der Waals surface area contributed by atoms with E-state index in [4.69, 9.17) is 14.2 Å². The molecular weight excluding hydrogens is 248 g/mol. The highest BCUT2D eigenvalue weighted by atomic mass is 16.5. The number of methoxy groups -OCH3 is 2. The summed E-state index contributed by atoms with van der Waals surface area (Å²) in [5.41, 5.74) is 0.926. The van der Waals surface area contributed by atoms with Crippen LogP contribution in [0.3, 0.4) is 0 Å². The Hall–Kier alpha value is -1.02. The molecule has 1 heterocycles. The minimum absolute atomic E-state index is 0.642. The summed E-state index contributed by atoms with van der Waals surface area (Å²) in [7, 11) is 3.38. The molecule has 0 aliphatic rings.